The topological polar surface area (TPSA) is 58.6 Å². The van der Waals surface area contributed by atoms with Gasteiger partial charge in [-0.25, -0.2) is 9.97 Å². The molecule has 6 nitrogen and oxygen atoms in total. The quantitative estimate of drug-likeness (QED) is 0.845. The lowest BCUT2D eigenvalue weighted by atomic mass is 10.1. The second kappa shape index (κ2) is 6.96. The molecule has 2 atom stereocenters. The third-order valence-corrected chi connectivity index (χ3v) is 5.52. The fourth-order valence-corrected chi connectivity index (χ4v) is 4.22. The molecule has 2 aromatic heterocycles. The van der Waals surface area contributed by atoms with Gasteiger partial charge in [0.15, 0.2) is 0 Å². The second-order valence-corrected chi connectivity index (χ2v) is 7.32. The van der Waals surface area contributed by atoms with E-state index in [0.717, 1.165) is 32.8 Å². The van der Waals surface area contributed by atoms with E-state index >= 15 is 0 Å². The smallest absolute Gasteiger partial charge is 0.272 e. The highest BCUT2D eigenvalue weighted by atomic mass is 32.1. The molecule has 2 aliphatic rings. The van der Waals surface area contributed by atoms with Gasteiger partial charge in [0.05, 0.1) is 12.7 Å². The summed E-state index contributed by atoms with van der Waals surface area (Å²) in [7, 11) is 0. The molecule has 0 aromatic carbocycles. The average Bonchev–Trinajstić information content (AvgIpc) is 3.22. The molecule has 2 saturated heterocycles. The summed E-state index contributed by atoms with van der Waals surface area (Å²) in [5, 5.41) is 2.12. The molecule has 2 aliphatic heterocycles. The number of ether oxygens (including phenoxy) is 1. The van der Waals surface area contributed by atoms with E-state index in [1.54, 1.807) is 23.6 Å². The van der Waals surface area contributed by atoms with Crippen LogP contribution in [0.15, 0.2) is 36.1 Å². The first kappa shape index (κ1) is 15.7. The van der Waals surface area contributed by atoms with E-state index in [0.29, 0.717) is 18.2 Å². The first-order valence-electron chi connectivity index (χ1n) is 8.21. The Hall–Kier alpha value is -1.83. The predicted molar refractivity (Wildman–Crippen MR) is 90.8 cm³/mol. The van der Waals surface area contributed by atoms with Crippen molar-refractivity contribution in [1.29, 1.82) is 0 Å². The predicted octanol–water partition coefficient (Wildman–Crippen LogP) is 1.51. The number of fused-ring (bicyclic) bond motifs is 1. The molecule has 4 rings (SSSR count). The highest BCUT2D eigenvalue weighted by Gasteiger charge is 2.38. The Morgan fingerprint density at radius 1 is 1.33 bits per heavy atom. The highest BCUT2D eigenvalue weighted by molar-refractivity contribution is 7.09. The molecule has 0 bridgehead atoms. The fourth-order valence-electron chi connectivity index (χ4n) is 3.47. The number of hydrogen-bond acceptors (Lipinski definition) is 6. The van der Waals surface area contributed by atoms with Gasteiger partial charge < -0.3 is 9.64 Å². The molecule has 126 valence electrons. The van der Waals surface area contributed by atoms with Gasteiger partial charge in [0.25, 0.3) is 5.91 Å². The van der Waals surface area contributed by atoms with Crippen molar-refractivity contribution >= 4 is 17.2 Å². The Kier molecular flexibility index (Phi) is 4.55. The number of rotatable bonds is 3. The van der Waals surface area contributed by atoms with E-state index in [2.05, 4.69) is 32.4 Å². The van der Waals surface area contributed by atoms with Gasteiger partial charge in [-0.05, 0) is 17.5 Å². The van der Waals surface area contributed by atoms with Crippen molar-refractivity contribution in [3.8, 4) is 0 Å². The van der Waals surface area contributed by atoms with Crippen molar-refractivity contribution in [1.82, 2.24) is 19.8 Å². The number of carbonyl (C=O) groups excluding carboxylic acids is 1. The Labute approximate surface area is 145 Å². The summed E-state index contributed by atoms with van der Waals surface area (Å²) in [5.41, 5.74) is 0.455. The Bertz CT molecular complexity index is 679. The van der Waals surface area contributed by atoms with Gasteiger partial charge in [0.2, 0.25) is 0 Å². The van der Waals surface area contributed by atoms with E-state index in [9.17, 15) is 4.79 Å². The third kappa shape index (κ3) is 3.33. The van der Waals surface area contributed by atoms with Crippen LogP contribution in [0.4, 0.5) is 0 Å². The molecular weight excluding hydrogens is 324 g/mol. The van der Waals surface area contributed by atoms with Crippen LogP contribution in [0, 0.1) is 5.92 Å². The molecule has 2 fully saturated rings. The van der Waals surface area contributed by atoms with Gasteiger partial charge in [-0.1, -0.05) is 6.07 Å². The minimum atomic E-state index is -0.0288. The monoisotopic (exact) mass is 344 g/mol. The zero-order valence-corrected chi connectivity index (χ0v) is 14.2. The van der Waals surface area contributed by atoms with E-state index in [4.69, 9.17) is 4.74 Å². The number of aromatic nitrogens is 2. The molecule has 4 heterocycles. The summed E-state index contributed by atoms with van der Waals surface area (Å²) in [5.74, 6) is 0.331. The lowest BCUT2D eigenvalue weighted by Crippen LogP contribution is -2.33. The number of likely N-dealkylation sites (tertiary alicyclic amines) is 1. The van der Waals surface area contributed by atoms with Crippen LogP contribution in [0.1, 0.15) is 15.4 Å². The minimum absolute atomic E-state index is 0.0288. The molecule has 7 heteroatoms. The summed E-state index contributed by atoms with van der Waals surface area (Å²) in [6.45, 7) is 4.99. The number of thiophene rings is 1. The van der Waals surface area contributed by atoms with Gasteiger partial charge in [-0.3, -0.25) is 9.69 Å². The molecule has 0 saturated carbocycles. The number of hydrogen-bond donors (Lipinski definition) is 0. The normalized spacial score (nSPS) is 24.6. The summed E-state index contributed by atoms with van der Waals surface area (Å²) < 4.78 is 6.03. The van der Waals surface area contributed by atoms with Crippen LogP contribution in [0.2, 0.25) is 0 Å². The van der Waals surface area contributed by atoms with E-state index < -0.39 is 0 Å². The molecule has 2 aromatic rings. The Balaban J connectivity index is 1.41. The van der Waals surface area contributed by atoms with E-state index in [1.807, 2.05) is 4.90 Å². The van der Waals surface area contributed by atoms with Crippen molar-refractivity contribution in [2.45, 2.75) is 12.6 Å². The van der Waals surface area contributed by atoms with Crippen molar-refractivity contribution in [2.75, 3.05) is 32.8 Å². The van der Waals surface area contributed by atoms with Crippen LogP contribution >= 0.6 is 11.3 Å². The molecule has 0 radical (unpaired) electrons. The molecule has 0 unspecified atom stereocenters. The molecule has 0 spiro atoms. The van der Waals surface area contributed by atoms with Crippen LogP contribution in [0.5, 0.6) is 0 Å². The maximum atomic E-state index is 12.6. The molecule has 0 N–H and O–H groups in total. The first-order valence-corrected chi connectivity index (χ1v) is 9.09. The number of amides is 1. The van der Waals surface area contributed by atoms with E-state index in [-0.39, 0.29) is 12.0 Å². The van der Waals surface area contributed by atoms with Gasteiger partial charge in [0, 0.05) is 49.7 Å². The van der Waals surface area contributed by atoms with Crippen molar-refractivity contribution in [2.24, 2.45) is 5.92 Å². The van der Waals surface area contributed by atoms with Crippen LogP contribution in [0.25, 0.3) is 0 Å². The zero-order valence-electron chi connectivity index (χ0n) is 13.4. The Morgan fingerprint density at radius 2 is 2.29 bits per heavy atom. The summed E-state index contributed by atoms with van der Waals surface area (Å²) in [6.07, 6.45) is 3.15. The van der Waals surface area contributed by atoms with Crippen molar-refractivity contribution in [3.63, 3.8) is 0 Å². The molecule has 0 aliphatic carbocycles. The van der Waals surface area contributed by atoms with Crippen LogP contribution in [-0.4, -0.2) is 64.6 Å². The second-order valence-electron chi connectivity index (χ2n) is 6.29. The zero-order chi connectivity index (χ0) is 16.4. The van der Waals surface area contributed by atoms with Gasteiger partial charge in [0.1, 0.15) is 12.0 Å². The van der Waals surface area contributed by atoms with Crippen molar-refractivity contribution < 1.29 is 9.53 Å². The van der Waals surface area contributed by atoms with Crippen LogP contribution in [-0.2, 0) is 11.3 Å². The van der Waals surface area contributed by atoms with Gasteiger partial charge in [-0.2, -0.15) is 0 Å². The average molecular weight is 344 g/mol. The van der Waals surface area contributed by atoms with Crippen LogP contribution < -0.4 is 0 Å². The van der Waals surface area contributed by atoms with E-state index in [1.165, 1.54) is 11.2 Å². The maximum absolute atomic E-state index is 12.6. The summed E-state index contributed by atoms with van der Waals surface area (Å²) >= 11 is 1.79. The lowest BCUT2D eigenvalue weighted by Gasteiger charge is -2.22. The SMILES string of the molecule is O=C(c1ccncn1)N1C[C@H]2CN(Cc3cccs3)CCO[C@H]2C1. The number of nitrogens with zero attached hydrogens (tertiary/aromatic N) is 4. The van der Waals surface area contributed by atoms with Crippen LogP contribution in [0.3, 0.4) is 0 Å². The summed E-state index contributed by atoms with van der Waals surface area (Å²) in [6, 6.07) is 5.93. The summed E-state index contributed by atoms with van der Waals surface area (Å²) in [4.78, 5) is 26.2. The lowest BCUT2D eigenvalue weighted by molar-refractivity contribution is 0.0482. The maximum Gasteiger partial charge on any atom is 0.272 e. The number of carbonyl (C=O) groups is 1. The standard InChI is InChI=1S/C17H20N4O2S/c22-17(15-3-4-18-12-19-15)21-9-13-8-20(5-6-23-16(13)11-21)10-14-2-1-7-24-14/h1-4,7,12-13,16H,5-6,8-11H2/t13-,16+/m1/s1. The molecular formula is C17H20N4O2S. The highest BCUT2D eigenvalue weighted by Crippen LogP contribution is 2.26. The van der Waals surface area contributed by atoms with Crippen molar-refractivity contribution in [3.05, 3.63) is 46.7 Å². The molecule has 24 heavy (non-hydrogen) atoms. The van der Waals surface area contributed by atoms with Gasteiger partial charge >= 0.3 is 0 Å². The first-order chi connectivity index (χ1) is 11.8. The third-order valence-electron chi connectivity index (χ3n) is 4.66. The largest absolute Gasteiger partial charge is 0.375 e. The Morgan fingerprint density at radius 3 is 3.08 bits per heavy atom. The fraction of sp³-hybridized carbons (Fsp3) is 0.471. The minimum Gasteiger partial charge on any atom is -0.375 e. The van der Waals surface area contributed by atoms with Gasteiger partial charge in [-0.15, -0.1) is 11.3 Å². The molecule has 1 amide bonds.